The van der Waals surface area contributed by atoms with Crippen molar-refractivity contribution in [3.8, 4) is 11.5 Å². The van der Waals surface area contributed by atoms with Crippen LogP contribution in [0.15, 0.2) is 84.4 Å². The number of carbonyl (C=O) groups is 3. The first-order valence-electron chi connectivity index (χ1n) is 13.2. The summed E-state index contributed by atoms with van der Waals surface area (Å²) in [5.74, 6) is -1.62. The van der Waals surface area contributed by atoms with Crippen LogP contribution < -0.4 is 14.4 Å². The number of thiazole rings is 1. The third-order valence-electron chi connectivity index (χ3n) is 6.67. The fourth-order valence-corrected chi connectivity index (χ4v) is 5.67. The fourth-order valence-electron chi connectivity index (χ4n) is 4.66. The van der Waals surface area contributed by atoms with Gasteiger partial charge < -0.3 is 19.3 Å². The molecule has 0 spiro atoms. The van der Waals surface area contributed by atoms with E-state index in [4.69, 9.17) is 14.2 Å². The Labute approximate surface area is 246 Å². The van der Waals surface area contributed by atoms with Crippen molar-refractivity contribution >= 4 is 39.9 Å². The lowest BCUT2D eigenvalue weighted by molar-refractivity contribution is -0.132. The molecular formula is C32H28N2O7S. The lowest BCUT2D eigenvalue weighted by Crippen LogP contribution is -2.29. The summed E-state index contributed by atoms with van der Waals surface area (Å²) in [6.45, 7) is 4.24. The number of amides is 1. The van der Waals surface area contributed by atoms with E-state index in [9.17, 15) is 19.5 Å². The number of benzene rings is 3. The van der Waals surface area contributed by atoms with Crippen molar-refractivity contribution in [2.24, 2.45) is 0 Å². The van der Waals surface area contributed by atoms with Crippen molar-refractivity contribution in [1.29, 1.82) is 0 Å². The molecule has 0 bridgehead atoms. The van der Waals surface area contributed by atoms with E-state index in [1.165, 1.54) is 12.0 Å². The molecule has 9 nitrogen and oxygen atoms in total. The van der Waals surface area contributed by atoms with Gasteiger partial charge >= 0.3 is 11.9 Å². The molecule has 1 fully saturated rings. The van der Waals surface area contributed by atoms with Crippen LogP contribution >= 0.6 is 11.3 Å². The number of methoxy groups -OCH3 is 1. The van der Waals surface area contributed by atoms with E-state index in [2.05, 4.69) is 4.98 Å². The zero-order valence-corrected chi connectivity index (χ0v) is 24.0. The molecule has 1 atom stereocenters. The first-order valence-corrected chi connectivity index (χ1v) is 14.0. The number of ether oxygens (including phenoxy) is 3. The van der Waals surface area contributed by atoms with Crippen molar-refractivity contribution in [3.05, 3.63) is 112 Å². The number of nitrogens with zero attached hydrogens (tertiary/aromatic N) is 2. The fraction of sp³-hybridized carbons (Fsp3) is 0.188. The lowest BCUT2D eigenvalue weighted by atomic mass is 9.95. The number of esters is 1. The average molecular weight is 585 g/mol. The Morgan fingerprint density at radius 1 is 0.976 bits per heavy atom. The maximum absolute atomic E-state index is 13.5. The van der Waals surface area contributed by atoms with Crippen LogP contribution in [0.2, 0.25) is 0 Å². The number of aliphatic hydroxyl groups is 1. The van der Waals surface area contributed by atoms with Crippen molar-refractivity contribution in [1.82, 2.24) is 4.98 Å². The number of hydrogen-bond acceptors (Lipinski definition) is 9. The second kappa shape index (κ2) is 12.3. The summed E-state index contributed by atoms with van der Waals surface area (Å²) < 4.78 is 16.3. The van der Waals surface area contributed by atoms with Crippen LogP contribution in [0.1, 0.15) is 45.0 Å². The summed E-state index contributed by atoms with van der Waals surface area (Å²) in [5.41, 5.74) is 2.11. The Morgan fingerprint density at radius 3 is 2.40 bits per heavy atom. The maximum Gasteiger partial charge on any atom is 0.350 e. The highest BCUT2D eigenvalue weighted by Crippen LogP contribution is 2.44. The van der Waals surface area contributed by atoms with Crippen LogP contribution in [0.5, 0.6) is 11.5 Å². The average Bonchev–Trinajstić information content (AvgIpc) is 3.52. The van der Waals surface area contributed by atoms with Gasteiger partial charge in [0.2, 0.25) is 0 Å². The van der Waals surface area contributed by atoms with Gasteiger partial charge in [0.1, 0.15) is 28.7 Å². The summed E-state index contributed by atoms with van der Waals surface area (Å²) in [5, 5.41) is 11.6. The molecule has 2 heterocycles. The summed E-state index contributed by atoms with van der Waals surface area (Å²) in [7, 11) is 1.26. The van der Waals surface area contributed by atoms with Crippen molar-refractivity contribution in [2.45, 2.75) is 26.5 Å². The molecule has 1 amide bonds. The van der Waals surface area contributed by atoms with E-state index in [1.54, 1.807) is 55.5 Å². The quantitative estimate of drug-likeness (QED) is 0.113. The van der Waals surface area contributed by atoms with Crippen molar-refractivity contribution in [3.63, 3.8) is 0 Å². The smallest absolute Gasteiger partial charge is 0.350 e. The Balaban J connectivity index is 1.58. The molecule has 1 saturated heterocycles. The van der Waals surface area contributed by atoms with Crippen molar-refractivity contribution in [2.75, 3.05) is 18.6 Å². The number of anilines is 1. The van der Waals surface area contributed by atoms with Gasteiger partial charge in [0.05, 0.1) is 31.0 Å². The number of Topliss-reactive ketones (excluding diaryl/α,β-unsaturated/α-hetero) is 1. The highest BCUT2D eigenvalue weighted by molar-refractivity contribution is 7.17. The number of aliphatic hydroxyl groups excluding tert-OH is 1. The number of aryl methyl sites for hydroxylation is 1. The second-order valence-electron chi connectivity index (χ2n) is 9.38. The predicted molar refractivity (Wildman–Crippen MR) is 158 cm³/mol. The molecule has 214 valence electrons. The van der Waals surface area contributed by atoms with Gasteiger partial charge in [-0.25, -0.2) is 9.78 Å². The summed E-state index contributed by atoms with van der Waals surface area (Å²) in [4.78, 5) is 45.2. The molecule has 0 aliphatic carbocycles. The molecule has 1 N–H and O–H groups in total. The zero-order chi connectivity index (χ0) is 29.8. The SMILES string of the molecule is CCOc1cccc(C(O)=C2C(=O)C(=O)N(c3nc(C)c(C(=O)OC)s3)C2c2ccc(OCc3ccccc3)cc2)c1. The number of ketones is 1. The van der Waals surface area contributed by atoms with Crippen molar-refractivity contribution < 1.29 is 33.7 Å². The van der Waals surface area contributed by atoms with Crippen LogP contribution in [0.3, 0.4) is 0 Å². The van der Waals surface area contributed by atoms with Gasteiger partial charge in [0.25, 0.3) is 5.78 Å². The van der Waals surface area contributed by atoms with Crippen LogP contribution in [0.4, 0.5) is 5.13 Å². The maximum atomic E-state index is 13.5. The van der Waals surface area contributed by atoms with E-state index in [0.717, 1.165) is 16.9 Å². The molecule has 1 aromatic heterocycles. The van der Waals surface area contributed by atoms with Crippen LogP contribution in [-0.4, -0.2) is 41.5 Å². The van der Waals surface area contributed by atoms with Gasteiger partial charge in [0, 0.05) is 5.56 Å². The Morgan fingerprint density at radius 2 is 1.71 bits per heavy atom. The molecule has 1 aliphatic heterocycles. The Bertz CT molecular complexity index is 1660. The van der Waals surface area contributed by atoms with E-state index < -0.39 is 23.7 Å². The standard InChI is InChI=1S/C32H28N2O7S/c1-4-40-24-12-8-11-22(17-24)27(35)25-26(21-13-15-23(16-14-21)41-18-20-9-6-5-7-10-20)34(30(37)28(25)36)32-33-19(2)29(42-32)31(38)39-3/h5-17,26,35H,4,18H2,1-3H3. The molecule has 3 aromatic carbocycles. The summed E-state index contributed by atoms with van der Waals surface area (Å²) in [6, 6.07) is 22.3. The summed E-state index contributed by atoms with van der Waals surface area (Å²) in [6.07, 6.45) is 0. The van der Waals surface area contributed by atoms with Gasteiger partial charge in [0.15, 0.2) is 5.13 Å². The van der Waals surface area contributed by atoms with Gasteiger partial charge in [-0.05, 0) is 49.2 Å². The van der Waals surface area contributed by atoms with Crippen LogP contribution in [-0.2, 0) is 20.9 Å². The molecule has 4 aromatic rings. The number of hydrogen-bond donors (Lipinski definition) is 1. The minimum atomic E-state index is -1.03. The largest absolute Gasteiger partial charge is 0.507 e. The highest BCUT2D eigenvalue weighted by Gasteiger charge is 2.48. The van der Waals surface area contributed by atoms with Gasteiger partial charge in [-0.3, -0.25) is 14.5 Å². The summed E-state index contributed by atoms with van der Waals surface area (Å²) >= 11 is 0.939. The molecule has 1 unspecified atom stereocenters. The molecule has 0 radical (unpaired) electrons. The van der Waals surface area contributed by atoms with E-state index in [0.29, 0.717) is 41.5 Å². The Kier molecular flexibility index (Phi) is 8.35. The van der Waals surface area contributed by atoms with Gasteiger partial charge in [-0.1, -0.05) is 65.9 Å². The second-order valence-corrected chi connectivity index (χ2v) is 10.4. The lowest BCUT2D eigenvalue weighted by Gasteiger charge is -2.23. The third kappa shape index (κ3) is 5.61. The predicted octanol–water partition coefficient (Wildman–Crippen LogP) is 5.84. The topological polar surface area (TPSA) is 115 Å². The first kappa shape index (κ1) is 28.6. The minimum Gasteiger partial charge on any atom is -0.507 e. The highest BCUT2D eigenvalue weighted by atomic mass is 32.1. The zero-order valence-electron chi connectivity index (χ0n) is 23.2. The first-order chi connectivity index (χ1) is 20.3. The molecular weight excluding hydrogens is 556 g/mol. The van der Waals surface area contributed by atoms with Gasteiger partial charge in [-0.15, -0.1) is 0 Å². The minimum absolute atomic E-state index is 0.112. The van der Waals surface area contributed by atoms with Crippen LogP contribution in [0.25, 0.3) is 5.76 Å². The molecule has 0 saturated carbocycles. The van der Waals surface area contributed by atoms with E-state index >= 15 is 0 Å². The molecule has 1 aliphatic rings. The normalized spacial score (nSPS) is 16.0. The number of rotatable bonds is 9. The number of carbonyl (C=O) groups excluding carboxylic acids is 3. The third-order valence-corrected chi connectivity index (χ3v) is 7.81. The Hall–Kier alpha value is -4.96. The molecule has 42 heavy (non-hydrogen) atoms. The number of aromatic nitrogens is 1. The molecule has 5 rings (SSSR count). The van der Waals surface area contributed by atoms with E-state index in [-0.39, 0.29) is 21.3 Å². The monoisotopic (exact) mass is 584 g/mol. The van der Waals surface area contributed by atoms with Gasteiger partial charge in [-0.2, -0.15) is 0 Å². The van der Waals surface area contributed by atoms with E-state index in [1.807, 2.05) is 37.3 Å². The molecule has 10 heteroatoms. The van der Waals surface area contributed by atoms with Crippen LogP contribution in [0, 0.1) is 6.92 Å².